The molecular weight excluding hydrogens is 289 g/mol. The first kappa shape index (κ1) is 13.8. The Labute approximate surface area is 125 Å². The van der Waals surface area contributed by atoms with Crippen molar-refractivity contribution in [2.75, 3.05) is 11.9 Å². The molecule has 21 heavy (non-hydrogen) atoms. The molecule has 0 radical (unpaired) electrons. The molecule has 0 saturated heterocycles. The Balaban J connectivity index is 1.97. The lowest BCUT2D eigenvalue weighted by Crippen LogP contribution is -2.05. The van der Waals surface area contributed by atoms with Crippen molar-refractivity contribution in [2.45, 2.75) is 23.3 Å². The molecule has 5 nitrogen and oxygen atoms in total. The summed E-state index contributed by atoms with van der Waals surface area (Å²) in [5, 5.41) is 3.87. The van der Waals surface area contributed by atoms with Crippen molar-refractivity contribution in [3.8, 4) is 0 Å². The maximum atomic E-state index is 13.3. The maximum absolute atomic E-state index is 13.3. The third-order valence-electron chi connectivity index (χ3n) is 2.80. The molecule has 0 amide bonds. The predicted molar refractivity (Wildman–Crippen MR) is 81.0 cm³/mol. The largest absolute Gasteiger partial charge is 0.354 e. The third kappa shape index (κ3) is 3.13. The van der Waals surface area contributed by atoms with E-state index in [0.29, 0.717) is 11.6 Å². The molecule has 0 unspecified atom stereocenters. The summed E-state index contributed by atoms with van der Waals surface area (Å²) >= 11 is 1.38. The zero-order valence-corrected chi connectivity index (χ0v) is 12.2. The van der Waals surface area contributed by atoms with Gasteiger partial charge in [-0.2, -0.15) is 4.98 Å². The molecule has 7 heteroatoms. The Kier molecular flexibility index (Phi) is 4.01. The number of benzene rings is 1. The fourth-order valence-corrected chi connectivity index (χ4v) is 2.76. The Morgan fingerprint density at radius 3 is 3.05 bits per heavy atom. The van der Waals surface area contributed by atoms with Crippen LogP contribution in [0.5, 0.6) is 0 Å². The lowest BCUT2D eigenvalue weighted by Gasteiger charge is -2.06. The van der Waals surface area contributed by atoms with Crippen LogP contribution in [-0.2, 0) is 0 Å². The van der Waals surface area contributed by atoms with E-state index >= 15 is 0 Å². The molecule has 3 rings (SSSR count). The second-order valence-corrected chi connectivity index (χ2v) is 5.50. The average molecular weight is 303 g/mol. The number of hydrogen-bond acceptors (Lipinski definition) is 5. The van der Waals surface area contributed by atoms with E-state index in [0.717, 1.165) is 28.4 Å². The zero-order valence-electron chi connectivity index (χ0n) is 11.4. The van der Waals surface area contributed by atoms with Gasteiger partial charge in [-0.1, -0.05) is 24.8 Å². The van der Waals surface area contributed by atoms with Gasteiger partial charge in [0, 0.05) is 11.4 Å². The monoisotopic (exact) mass is 303 g/mol. The first-order valence-electron chi connectivity index (χ1n) is 6.64. The van der Waals surface area contributed by atoms with E-state index in [2.05, 4.69) is 32.2 Å². The van der Waals surface area contributed by atoms with E-state index in [-0.39, 0.29) is 5.82 Å². The minimum atomic E-state index is -0.265. The molecular formula is C14H14FN5S. The van der Waals surface area contributed by atoms with Gasteiger partial charge in [-0.05, 0) is 24.6 Å². The van der Waals surface area contributed by atoms with Gasteiger partial charge in [-0.25, -0.2) is 14.4 Å². The van der Waals surface area contributed by atoms with Gasteiger partial charge in [0.25, 0.3) is 0 Å². The number of H-pyrrole nitrogens is 1. The van der Waals surface area contributed by atoms with Crippen LogP contribution in [0.2, 0.25) is 0 Å². The van der Waals surface area contributed by atoms with Crippen molar-refractivity contribution in [3.05, 3.63) is 36.4 Å². The van der Waals surface area contributed by atoms with Crippen LogP contribution in [0, 0.1) is 5.82 Å². The standard InChI is InChI=1S/C14H14FN5S/c1-2-6-16-14-19-12-11(17-8-18-12)13(20-14)21-10-5-3-4-9(15)7-10/h3-5,7-8H,2,6H2,1H3,(H2,16,17,18,19,20). The highest BCUT2D eigenvalue weighted by atomic mass is 32.2. The first-order chi connectivity index (χ1) is 10.3. The lowest BCUT2D eigenvalue weighted by molar-refractivity contribution is 0.624. The van der Waals surface area contributed by atoms with Crippen LogP contribution in [0.25, 0.3) is 11.2 Å². The van der Waals surface area contributed by atoms with E-state index in [1.54, 1.807) is 12.4 Å². The van der Waals surface area contributed by atoms with Gasteiger partial charge in [0.15, 0.2) is 5.65 Å². The fraction of sp³-hybridized carbons (Fsp3) is 0.214. The summed E-state index contributed by atoms with van der Waals surface area (Å²) in [4.78, 5) is 16.8. The molecule has 2 N–H and O–H groups in total. The van der Waals surface area contributed by atoms with Gasteiger partial charge >= 0.3 is 0 Å². The van der Waals surface area contributed by atoms with E-state index < -0.39 is 0 Å². The summed E-state index contributed by atoms with van der Waals surface area (Å²) in [5.41, 5.74) is 1.36. The summed E-state index contributed by atoms with van der Waals surface area (Å²) in [7, 11) is 0. The number of aromatic amines is 1. The summed E-state index contributed by atoms with van der Waals surface area (Å²) in [6, 6.07) is 6.43. The van der Waals surface area contributed by atoms with Crippen LogP contribution in [0.1, 0.15) is 13.3 Å². The Morgan fingerprint density at radius 1 is 1.33 bits per heavy atom. The second kappa shape index (κ2) is 6.09. The third-order valence-corrected chi connectivity index (χ3v) is 3.77. The highest BCUT2D eigenvalue weighted by Crippen LogP contribution is 2.31. The predicted octanol–water partition coefficient (Wildman–Crippen LogP) is 3.47. The number of aromatic nitrogens is 4. The van der Waals surface area contributed by atoms with Gasteiger partial charge in [-0.15, -0.1) is 0 Å². The molecule has 0 fully saturated rings. The second-order valence-electron chi connectivity index (χ2n) is 4.44. The minimum Gasteiger partial charge on any atom is -0.354 e. The number of hydrogen-bond donors (Lipinski definition) is 2. The number of imidazole rings is 1. The highest BCUT2D eigenvalue weighted by molar-refractivity contribution is 7.99. The molecule has 0 aliphatic rings. The van der Waals surface area contributed by atoms with Crippen LogP contribution >= 0.6 is 11.8 Å². The Morgan fingerprint density at radius 2 is 2.24 bits per heavy atom. The van der Waals surface area contributed by atoms with Gasteiger partial charge < -0.3 is 10.3 Å². The SMILES string of the molecule is CCCNc1nc(Sc2cccc(F)c2)c2[nH]cnc2n1. The van der Waals surface area contributed by atoms with Gasteiger partial charge in [0.1, 0.15) is 16.4 Å². The zero-order chi connectivity index (χ0) is 14.7. The van der Waals surface area contributed by atoms with E-state index in [1.165, 1.54) is 23.9 Å². The summed E-state index contributed by atoms with van der Waals surface area (Å²) < 4.78 is 13.3. The number of halogens is 1. The molecule has 0 bridgehead atoms. The quantitative estimate of drug-likeness (QED) is 0.707. The molecule has 0 atom stereocenters. The smallest absolute Gasteiger partial charge is 0.225 e. The molecule has 0 saturated carbocycles. The molecule has 0 aliphatic carbocycles. The van der Waals surface area contributed by atoms with Gasteiger partial charge in [-0.3, -0.25) is 0 Å². The molecule has 3 aromatic rings. The van der Waals surface area contributed by atoms with E-state index in [4.69, 9.17) is 0 Å². The first-order valence-corrected chi connectivity index (χ1v) is 7.46. The maximum Gasteiger partial charge on any atom is 0.225 e. The van der Waals surface area contributed by atoms with Gasteiger partial charge in [0.05, 0.1) is 6.33 Å². The number of fused-ring (bicyclic) bond motifs is 1. The fourth-order valence-electron chi connectivity index (χ4n) is 1.84. The average Bonchev–Trinajstić information content (AvgIpc) is 2.94. The van der Waals surface area contributed by atoms with E-state index in [1.807, 2.05) is 6.07 Å². The van der Waals surface area contributed by atoms with Crippen molar-refractivity contribution in [1.82, 2.24) is 19.9 Å². The highest BCUT2D eigenvalue weighted by Gasteiger charge is 2.11. The number of nitrogens with zero attached hydrogens (tertiary/aromatic N) is 3. The number of anilines is 1. The van der Waals surface area contributed by atoms with Crippen LogP contribution in [0.4, 0.5) is 10.3 Å². The summed E-state index contributed by atoms with van der Waals surface area (Å²) in [6.07, 6.45) is 2.56. The minimum absolute atomic E-state index is 0.265. The summed E-state index contributed by atoms with van der Waals surface area (Å²) in [5.74, 6) is 0.273. The van der Waals surface area contributed by atoms with Crippen molar-refractivity contribution in [2.24, 2.45) is 0 Å². The van der Waals surface area contributed by atoms with Crippen molar-refractivity contribution in [3.63, 3.8) is 0 Å². The van der Waals surface area contributed by atoms with Crippen molar-refractivity contribution in [1.29, 1.82) is 0 Å². The summed E-state index contributed by atoms with van der Waals surface area (Å²) in [6.45, 7) is 2.86. The van der Waals surface area contributed by atoms with Gasteiger partial charge in [0.2, 0.25) is 5.95 Å². The Bertz CT molecular complexity index is 758. The van der Waals surface area contributed by atoms with Crippen LogP contribution in [-0.4, -0.2) is 26.5 Å². The van der Waals surface area contributed by atoms with Crippen LogP contribution in [0.15, 0.2) is 40.5 Å². The van der Waals surface area contributed by atoms with Crippen molar-refractivity contribution < 1.29 is 4.39 Å². The molecule has 0 aliphatic heterocycles. The normalized spacial score (nSPS) is 11.0. The molecule has 1 aromatic carbocycles. The lowest BCUT2D eigenvalue weighted by atomic mass is 10.4. The van der Waals surface area contributed by atoms with Crippen molar-refractivity contribution >= 4 is 28.9 Å². The number of nitrogens with one attached hydrogen (secondary N) is 2. The molecule has 108 valence electrons. The molecule has 0 spiro atoms. The van der Waals surface area contributed by atoms with Crippen LogP contribution < -0.4 is 5.32 Å². The number of rotatable bonds is 5. The van der Waals surface area contributed by atoms with Crippen LogP contribution in [0.3, 0.4) is 0 Å². The van der Waals surface area contributed by atoms with E-state index in [9.17, 15) is 4.39 Å². The topological polar surface area (TPSA) is 66.5 Å². The Hall–Kier alpha value is -2.15. The molecule has 2 aromatic heterocycles. The molecule has 2 heterocycles.